The first-order chi connectivity index (χ1) is 10.6. The van der Waals surface area contributed by atoms with Crippen LogP contribution in [0.15, 0.2) is 55.1 Å². The molecule has 3 nitrogen and oxygen atoms in total. The predicted octanol–water partition coefficient (Wildman–Crippen LogP) is 4.37. The zero-order valence-corrected chi connectivity index (χ0v) is 12.6. The molecule has 0 fully saturated rings. The van der Waals surface area contributed by atoms with Crippen LogP contribution >= 0.6 is 0 Å². The Balaban J connectivity index is 2.57. The average molecular weight is 296 g/mol. The molecule has 0 aliphatic heterocycles. The monoisotopic (exact) mass is 296 g/mol. The van der Waals surface area contributed by atoms with Crippen LogP contribution in [0.5, 0.6) is 5.75 Å². The van der Waals surface area contributed by atoms with Crippen molar-refractivity contribution in [1.29, 1.82) is 0 Å². The van der Waals surface area contributed by atoms with Crippen molar-refractivity contribution in [2.45, 2.75) is 25.7 Å². The van der Waals surface area contributed by atoms with E-state index in [-0.39, 0.29) is 5.75 Å². The highest BCUT2D eigenvalue weighted by Gasteiger charge is 2.22. The maximum absolute atomic E-state index is 11.6. The van der Waals surface area contributed by atoms with E-state index in [0.717, 1.165) is 28.7 Å². The SMILES string of the molecule is C=CCC(C(=O)O)c1cccc(-c2ccc(O)cc2)c1CC. The minimum absolute atomic E-state index is 0.216. The molecule has 2 N–H and O–H groups in total. The van der Waals surface area contributed by atoms with Gasteiger partial charge < -0.3 is 10.2 Å². The van der Waals surface area contributed by atoms with Crippen LogP contribution in [0.2, 0.25) is 0 Å². The van der Waals surface area contributed by atoms with Crippen molar-refractivity contribution in [3.8, 4) is 16.9 Å². The van der Waals surface area contributed by atoms with Gasteiger partial charge in [-0.3, -0.25) is 4.79 Å². The van der Waals surface area contributed by atoms with Crippen molar-refractivity contribution >= 4 is 5.97 Å². The molecule has 0 saturated heterocycles. The number of aliphatic carboxylic acids is 1. The lowest BCUT2D eigenvalue weighted by atomic mass is 9.86. The van der Waals surface area contributed by atoms with E-state index in [0.29, 0.717) is 6.42 Å². The summed E-state index contributed by atoms with van der Waals surface area (Å²) in [6.07, 6.45) is 2.79. The molecular weight excluding hydrogens is 276 g/mol. The van der Waals surface area contributed by atoms with E-state index < -0.39 is 11.9 Å². The molecule has 22 heavy (non-hydrogen) atoms. The van der Waals surface area contributed by atoms with E-state index in [1.165, 1.54) is 0 Å². The highest BCUT2D eigenvalue weighted by Crippen LogP contribution is 2.33. The van der Waals surface area contributed by atoms with Gasteiger partial charge in [0.15, 0.2) is 0 Å². The molecule has 0 bridgehead atoms. The van der Waals surface area contributed by atoms with Crippen molar-refractivity contribution in [3.63, 3.8) is 0 Å². The molecule has 0 radical (unpaired) electrons. The second-order valence-corrected chi connectivity index (χ2v) is 5.19. The molecule has 2 rings (SSSR count). The van der Waals surface area contributed by atoms with Gasteiger partial charge in [-0.25, -0.2) is 0 Å². The fourth-order valence-electron chi connectivity index (χ4n) is 2.76. The lowest BCUT2D eigenvalue weighted by Gasteiger charge is -2.18. The Hall–Kier alpha value is -2.55. The summed E-state index contributed by atoms with van der Waals surface area (Å²) < 4.78 is 0. The molecule has 0 aliphatic rings. The highest BCUT2D eigenvalue weighted by atomic mass is 16.4. The lowest BCUT2D eigenvalue weighted by molar-refractivity contribution is -0.138. The van der Waals surface area contributed by atoms with E-state index in [1.54, 1.807) is 18.2 Å². The zero-order chi connectivity index (χ0) is 16.1. The van der Waals surface area contributed by atoms with Gasteiger partial charge in [-0.1, -0.05) is 43.3 Å². The molecule has 0 aliphatic carbocycles. The third-order valence-corrected chi connectivity index (χ3v) is 3.82. The number of aromatic hydroxyl groups is 1. The Bertz CT molecular complexity index is 672. The third-order valence-electron chi connectivity index (χ3n) is 3.82. The Labute approximate surface area is 130 Å². The molecular formula is C19H20O3. The third kappa shape index (κ3) is 3.19. The highest BCUT2D eigenvalue weighted by molar-refractivity contribution is 5.79. The van der Waals surface area contributed by atoms with Gasteiger partial charge in [0.1, 0.15) is 5.75 Å². The van der Waals surface area contributed by atoms with Crippen molar-refractivity contribution < 1.29 is 15.0 Å². The number of carboxylic acids is 1. The van der Waals surface area contributed by atoms with Crippen molar-refractivity contribution in [1.82, 2.24) is 0 Å². The van der Waals surface area contributed by atoms with E-state index >= 15 is 0 Å². The van der Waals surface area contributed by atoms with E-state index in [2.05, 4.69) is 6.58 Å². The van der Waals surface area contributed by atoms with Crippen molar-refractivity contribution in [2.75, 3.05) is 0 Å². The van der Waals surface area contributed by atoms with Crippen LogP contribution in [0.3, 0.4) is 0 Å². The van der Waals surface area contributed by atoms with E-state index in [4.69, 9.17) is 0 Å². The molecule has 0 aromatic heterocycles. The number of allylic oxidation sites excluding steroid dienone is 1. The van der Waals surface area contributed by atoms with Crippen LogP contribution in [0.4, 0.5) is 0 Å². The van der Waals surface area contributed by atoms with Crippen LogP contribution in [0.25, 0.3) is 11.1 Å². The molecule has 0 spiro atoms. The van der Waals surface area contributed by atoms with E-state index in [1.807, 2.05) is 37.3 Å². The topological polar surface area (TPSA) is 57.5 Å². The Morgan fingerprint density at radius 2 is 1.91 bits per heavy atom. The van der Waals surface area contributed by atoms with E-state index in [9.17, 15) is 15.0 Å². The summed E-state index contributed by atoms with van der Waals surface area (Å²) in [5.41, 5.74) is 3.84. The number of phenols is 1. The van der Waals surface area contributed by atoms with Gasteiger partial charge in [0.2, 0.25) is 0 Å². The second kappa shape index (κ2) is 6.94. The molecule has 1 unspecified atom stereocenters. The van der Waals surface area contributed by atoms with Gasteiger partial charge >= 0.3 is 5.97 Å². The standard InChI is InChI=1S/C19H20O3/c1-3-6-18(19(21)22)17-8-5-7-16(15(17)4-2)13-9-11-14(20)12-10-13/h3,5,7-12,18,20H,1,4,6H2,2H3,(H,21,22). The Morgan fingerprint density at radius 3 is 2.45 bits per heavy atom. The summed E-state index contributed by atoms with van der Waals surface area (Å²) >= 11 is 0. The summed E-state index contributed by atoms with van der Waals surface area (Å²) in [4.78, 5) is 11.6. The Morgan fingerprint density at radius 1 is 1.23 bits per heavy atom. The number of hydrogen-bond donors (Lipinski definition) is 2. The number of hydrogen-bond acceptors (Lipinski definition) is 2. The van der Waals surface area contributed by atoms with Gasteiger partial charge in [0.05, 0.1) is 5.92 Å². The number of carboxylic acid groups (broad SMARTS) is 1. The summed E-state index contributed by atoms with van der Waals surface area (Å²) in [6, 6.07) is 12.7. The number of benzene rings is 2. The summed E-state index contributed by atoms with van der Waals surface area (Å²) in [5, 5.41) is 18.9. The average Bonchev–Trinajstić information content (AvgIpc) is 2.52. The number of carbonyl (C=O) groups is 1. The van der Waals surface area contributed by atoms with Crippen LogP contribution in [-0.4, -0.2) is 16.2 Å². The summed E-state index contributed by atoms with van der Waals surface area (Å²) in [6.45, 7) is 5.69. The molecule has 2 aromatic rings. The maximum Gasteiger partial charge on any atom is 0.311 e. The van der Waals surface area contributed by atoms with Gasteiger partial charge in [0, 0.05) is 0 Å². The largest absolute Gasteiger partial charge is 0.508 e. The van der Waals surface area contributed by atoms with Crippen LogP contribution in [0, 0.1) is 0 Å². The summed E-state index contributed by atoms with van der Waals surface area (Å²) in [7, 11) is 0. The minimum Gasteiger partial charge on any atom is -0.508 e. The summed E-state index contributed by atoms with van der Waals surface area (Å²) in [5.74, 6) is -1.20. The number of rotatable bonds is 6. The smallest absolute Gasteiger partial charge is 0.311 e. The molecule has 0 amide bonds. The first kappa shape index (κ1) is 15.8. The molecule has 0 saturated carbocycles. The van der Waals surface area contributed by atoms with Crippen molar-refractivity contribution in [3.05, 3.63) is 66.2 Å². The normalized spacial score (nSPS) is 11.9. The Kier molecular flexibility index (Phi) is 4.99. The van der Waals surface area contributed by atoms with Crippen LogP contribution < -0.4 is 0 Å². The van der Waals surface area contributed by atoms with Gasteiger partial charge in [-0.15, -0.1) is 6.58 Å². The zero-order valence-electron chi connectivity index (χ0n) is 12.6. The van der Waals surface area contributed by atoms with Crippen LogP contribution in [0.1, 0.15) is 30.4 Å². The number of phenolic OH excluding ortho intramolecular Hbond substituents is 1. The fourth-order valence-corrected chi connectivity index (χ4v) is 2.76. The molecule has 2 aromatic carbocycles. The van der Waals surface area contributed by atoms with Crippen molar-refractivity contribution in [2.24, 2.45) is 0 Å². The molecule has 1 atom stereocenters. The van der Waals surface area contributed by atoms with Gasteiger partial charge in [0.25, 0.3) is 0 Å². The van der Waals surface area contributed by atoms with Crippen LogP contribution in [-0.2, 0) is 11.2 Å². The van der Waals surface area contributed by atoms with Gasteiger partial charge in [-0.2, -0.15) is 0 Å². The molecule has 3 heteroatoms. The minimum atomic E-state index is -0.836. The predicted molar refractivity (Wildman–Crippen MR) is 88.1 cm³/mol. The fraction of sp³-hybridized carbons (Fsp3) is 0.211. The first-order valence-corrected chi connectivity index (χ1v) is 7.33. The lowest BCUT2D eigenvalue weighted by Crippen LogP contribution is -2.13. The first-order valence-electron chi connectivity index (χ1n) is 7.33. The second-order valence-electron chi connectivity index (χ2n) is 5.19. The van der Waals surface area contributed by atoms with Gasteiger partial charge in [-0.05, 0) is 47.2 Å². The molecule has 0 heterocycles. The maximum atomic E-state index is 11.6. The quantitative estimate of drug-likeness (QED) is 0.778. The molecule has 114 valence electrons.